The monoisotopic (exact) mass is 331 g/mol. The molecule has 17 heavy (non-hydrogen) atoms. The molecule has 0 saturated heterocycles. The predicted molar refractivity (Wildman–Crippen MR) is 56.9 cm³/mol. The van der Waals surface area contributed by atoms with Crippen LogP contribution in [-0.2, 0) is 22.7 Å². The fourth-order valence-corrected chi connectivity index (χ4v) is 2.59. The minimum atomic E-state index is -5.14. The first-order valence-electron chi connectivity index (χ1n) is 4.39. The van der Waals surface area contributed by atoms with Crippen LogP contribution in [0.5, 0.6) is 0 Å². The second kappa shape index (κ2) is 4.95. The molecule has 8 heteroatoms. The summed E-state index contributed by atoms with van der Waals surface area (Å²) >= 11 is 2.97. The Balaban J connectivity index is 3.57. The quantitative estimate of drug-likeness (QED) is 0.631. The van der Waals surface area contributed by atoms with Crippen molar-refractivity contribution in [2.45, 2.75) is 17.5 Å². The van der Waals surface area contributed by atoms with E-state index in [-0.39, 0.29) is 17.3 Å². The molecule has 0 fully saturated rings. The average molecular weight is 332 g/mol. The van der Waals surface area contributed by atoms with Crippen molar-refractivity contribution >= 4 is 26.0 Å². The summed E-state index contributed by atoms with van der Waals surface area (Å²) in [6, 6.07) is 2.94. The zero-order chi connectivity index (χ0) is 13.3. The number of halogens is 4. The van der Waals surface area contributed by atoms with Gasteiger partial charge in [-0.25, -0.2) is 8.42 Å². The van der Waals surface area contributed by atoms with Gasteiger partial charge >= 0.3 is 6.18 Å². The van der Waals surface area contributed by atoms with Gasteiger partial charge < -0.3 is 4.55 Å². The number of hydrogen-bond donors (Lipinski definition) is 0. The van der Waals surface area contributed by atoms with Crippen molar-refractivity contribution in [3.05, 3.63) is 29.3 Å². The predicted octanol–water partition coefficient (Wildman–Crippen LogP) is 2.55. The summed E-state index contributed by atoms with van der Waals surface area (Å²) in [5, 5.41) is 0.235. The molecule has 0 radical (unpaired) electrons. The molecule has 0 aromatic heterocycles. The molecule has 0 aliphatic rings. The van der Waals surface area contributed by atoms with E-state index in [1.165, 1.54) is 0 Å². The Morgan fingerprint density at radius 1 is 1.29 bits per heavy atom. The molecule has 3 nitrogen and oxygen atoms in total. The minimum Gasteiger partial charge on any atom is -0.744 e. The molecule has 0 aliphatic carbocycles. The van der Waals surface area contributed by atoms with Crippen LogP contribution in [0.4, 0.5) is 13.2 Å². The number of aryl methyl sites for hydroxylation is 1. The summed E-state index contributed by atoms with van der Waals surface area (Å²) in [4.78, 5) is -1.22. The SMILES string of the molecule is O=S(=O)([O-])c1cccc(CCBr)c1C(F)(F)F. The van der Waals surface area contributed by atoms with Crippen LogP contribution in [0.2, 0.25) is 0 Å². The Kier molecular flexibility index (Phi) is 4.21. The van der Waals surface area contributed by atoms with Gasteiger partial charge in [-0.1, -0.05) is 28.1 Å². The average Bonchev–Trinajstić information content (AvgIpc) is 2.14. The maximum Gasteiger partial charge on any atom is 0.417 e. The molecule has 96 valence electrons. The van der Waals surface area contributed by atoms with E-state index in [2.05, 4.69) is 15.9 Å². The van der Waals surface area contributed by atoms with Gasteiger partial charge in [0.1, 0.15) is 10.1 Å². The topological polar surface area (TPSA) is 57.2 Å². The van der Waals surface area contributed by atoms with Crippen molar-refractivity contribution in [1.82, 2.24) is 0 Å². The van der Waals surface area contributed by atoms with Crippen LogP contribution in [0, 0.1) is 0 Å². The molecule has 0 heterocycles. The zero-order valence-corrected chi connectivity index (χ0v) is 10.7. The second-order valence-corrected chi connectivity index (χ2v) is 5.32. The maximum absolute atomic E-state index is 12.7. The van der Waals surface area contributed by atoms with Crippen LogP contribution in [-0.4, -0.2) is 18.3 Å². The first-order chi connectivity index (χ1) is 7.68. The van der Waals surface area contributed by atoms with Crippen molar-refractivity contribution in [1.29, 1.82) is 0 Å². The van der Waals surface area contributed by atoms with Crippen LogP contribution in [0.1, 0.15) is 11.1 Å². The molecule has 0 saturated carbocycles. The van der Waals surface area contributed by atoms with Crippen LogP contribution in [0.3, 0.4) is 0 Å². The summed E-state index contributed by atoms with van der Waals surface area (Å²) in [5.74, 6) is 0. The number of hydrogen-bond acceptors (Lipinski definition) is 3. The summed E-state index contributed by atoms with van der Waals surface area (Å²) in [6.45, 7) is 0. The van der Waals surface area contributed by atoms with Crippen molar-refractivity contribution in [3.63, 3.8) is 0 Å². The highest BCUT2D eigenvalue weighted by atomic mass is 79.9. The van der Waals surface area contributed by atoms with E-state index in [1.54, 1.807) is 0 Å². The lowest BCUT2D eigenvalue weighted by Crippen LogP contribution is -2.16. The standard InChI is InChI=1S/C9H8BrF3O3S/c10-5-4-6-2-1-3-7(17(14,15)16)8(6)9(11,12)13/h1-3H,4-5H2,(H,14,15,16)/p-1. The van der Waals surface area contributed by atoms with Gasteiger partial charge in [0, 0.05) is 5.33 Å². The maximum atomic E-state index is 12.7. The second-order valence-electron chi connectivity index (χ2n) is 3.18. The van der Waals surface area contributed by atoms with Gasteiger partial charge in [0.05, 0.1) is 10.5 Å². The Morgan fingerprint density at radius 2 is 1.88 bits per heavy atom. The molecule has 0 spiro atoms. The molecule has 0 N–H and O–H groups in total. The van der Waals surface area contributed by atoms with Crippen molar-refractivity contribution in [3.8, 4) is 0 Å². The lowest BCUT2D eigenvalue weighted by molar-refractivity contribution is -0.140. The van der Waals surface area contributed by atoms with Crippen LogP contribution < -0.4 is 0 Å². The third-order valence-corrected chi connectivity index (χ3v) is 3.30. The molecule has 0 amide bonds. The Labute approximate surface area is 105 Å². The highest BCUT2D eigenvalue weighted by Gasteiger charge is 2.37. The molecule has 0 aliphatic heterocycles. The fraction of sp³-hybridized carbons (Fsp3) is 0.333. The highest BCUT2D eigenvalue weighted by Crippen LogP contribution is 2.37. The van der Waals surface area contributed by atoms with Gasteiger partial charge in [-0.05, 0) is 18.1 Å². The molecular formula is C9H7BrF3O3S-. The molecule has 1 rings (SSSR count). The van der Waals surface area contributed by atoms with E-state index >= 15 is 0 Å². The number of alkyl halides is 4. The van der Waals surface area contributed by atoms with E-state index in [0.717, 1.165) is 12.1 Å². The summed E-state index contributed by atoms with van der Waals surface area (Å²) in [7, 11) is -5.14. The molecule has 0 bridgehead atoms. The smallest absolute Gasteiger partial charge is 0.417 e. The summed E-state index contributed by atoms with van der Waals surface area (Å²) in [5.41, 5.74) is -1.58. The normalized spacial score (nSPS) is 12.8. The van der Waals surface area contributed by atoms with Crippen LogP contribution in [0.25, 0.3) is 0 Å². The number of benzene rings is 1. The Hall–Kier alpha value is -0.600. The third kappa shape index (κ3) is 3.43. The van der Waals surface area contributed by atoms with Gasteiger partial charge in [-0.15, -0.1) is 0 Å². The Bertz CT molecular complexity index is 511. The van der Waals surface area contributed by atoms with Gasteiger partial charge in [0.15, 0.2) is 0 Å². The van der Waals surface area contributed by atoms with E-state index in [1.807, 2.05) is 0 Å². The number of rotatable bonds is 3. The molecule has 0 unspecified atom stereocenters. The summed E-state index contributed by atoms with van der Waals surface area (Å²) < 4.78 is 70.6. The first-order valence-corrected chi connectivity index (χ1v) is 6.92. The summed E-state index contributed by atoms with van der Waals surface area (Å²) in [6.07, 6.45) is -4.89. The van der Waals surface area contributed by atoms with E-state index in [4.69, 9.17) is 0 Å². The third-order valence-electron chi connectivity index (χ3n) is 2.03. The lowest BCUT2D eigenvalue weighted by atomic mass is 10.1. The Morgan fingerprint density at radius 3 is 2.29 bits per heavy atom. The van der Waals surface area contributed by atoms with E-state index in [9.17, 15) is 26.1 Å². The van der Waals surface area contributed by atoms with Gasteiger partial charge in [-0.2, -0.15) is 13.2 Å². The minimum absolute atomic E-state index is 0.0157. The largest absolute Gasteiger partial charge is 0.744 e. The first kappa shape index (κ1) is 14.5. The van der Waals surface area contributed by atoms with E-state index in [0.29, 0.717) is 6.07 Å². The van der Waals surface area contributed by atoms with Crippen LogP contribution in [0.15, 0.2) is 23.1 Å². The van der Waals surface area contributed by atoms with Crippen molar-refractivity contribution in [2.75, 3.05) is 5.33 Å². The van der Waals surface area contributed by atoms with Crippen molar-refractivity contribution in [2.24, 2.45) is 0 Å². The molecular weight excluding hydrogens is 325 g/mol. The zero-order valence-electron chi connectivity index (χ0n) is 8.29. The lowest BCUT2D eigenvalue weighted by Gasteiger charge is -2.18. The van der Waals surface area contributed by atoms with Gasteiger partial charge in [-0.3, -0.25) is 0 Å². The molecule has 0 atom stereocenters. The highest BCUT2D eigenvalue weighted by molar-refractivity contribution is 9.09. The molecule has 1 aromatic carbocycles. The molecule has 1 aromatic rings. The van der Waals surface area contributed by atoms with Gasteiger partial charge in [0.2, 0.25) is 0 Å². The fourth-order valence-electron chi connectivity index (χ4n) is 1.42. The van der Waals surface area contributed by atoms with E-state index < -0.39 is 26.8 Å². The van der Waals surface area contributed by atoms with Gasteiger partial charge in [0.25, 0.3) is 0 Å². The van der Waals surface area contributed by atoms with Crippen LogP contribution >= 0.6 is 15.9 Å². The van der Waals surface area contributed by atoms with Crippen molar-refractivity contribution < 1.29 is 26.1 Å².